The zero-order valence-electron chi connectivity index (χ0n) is 19.7. The summed E-state index contributed by atoms with van der Waals surface area (Å²) in [5.74, 6) is 0.539. The quantitative estimate of drug-likeness (QED) is 0.516. The van der Waals surface area contributed by atoms with E-state index in [0.717, 1.165) is 28.6 Å². The van der Waals surface area contributed by atoms with Crippen LogP contribution in [-0.2, 0) is 19.3 Å². The second-order valence-electron chi connectivity index (χ2n) is 9.74. The van der Waals surface area contributed by atoms with E-state index in [1.165, 1.54) is 11.8 Å². The topological polar surface area (TPSA) is 111 Å². The number of hydrogen-bond donors (Lipinski definition) is 2. The molecule has 6 rings (SSSR count). The fraction of sp³-hybridized carbons (Fsp3) is 0.423. The van der Waals surface area contributed by atoms with Crippen LogP contribution in [0.4, 0.5) is 0 Å². The average molecular weight is 531 g/mol. The van der Waals surface area contributed by atoms with Crippen LogP contribution in [0.1, 0.15) is 24.8 Å². The highest BCUT2D eigenvalue weighted by molar-refractivity contribution is 7.91. The Hall–Kier alpha value is -2.43. The smallest absolute Gasteiger partial charge is 0.193 e. The molecular weight excluding hydrogens is 504 g/mol. The molecule has 0 saturated carbocycles. The molecule has 2 aromatic heterocycles. The number of ether oxygens (including phenoxy) is 3. The molecule has 3 aliphatic rings. The number of sulfone groups is 1. The number of H-pyrrole nitrogens is 1. The number of fused-ring (bicyclic) bond motifs is 2. The minimum absolute atomic E-state index is 0.250. The first-order chi connectivity index (χ1) is 17.3. The highest BCUT2D eigenvalue weighted by Crippen LogP contribution is 2.35. The van der Waals surface area contributed by atoms with Gasteiger partial charge in [-0.15, -0.1) is 0 Å². The molecule has 4 heterocycles. The van der Waals surface area contributed by atoms with Crippen LogP contribution in [0.5, 0.6) is 5.88 Å². The van der Waals surface area contributed by atoms with E-state index in [-0.39, 0.29) is 30.2 Å². The molecule has 1 aromatic carbocycles. The maximum absolute atomic E-state index is 11.8. The second-order valence-corrected chi connectivity index (χ2v) is 12.5. The second kappa shape index (κ2) is 9.15. The largest absolute Gasteiger partial charge is 0.470 e. The molecule has 2 aliphatic heterocycles. The number of aromatic nitrogens is 2. The summed E-state index contributed by atoms with van der Waals surface area (Å²) in [6.07, 6.45) is 3.70. The van der Waals surface area contributed by atoms with Gasteiger partial charge in [0.15, 0.2) is 21.8 Å². The monoisotopic (exact) mass is 530 g/mol. The number of pyridine rings is 1. The zero-order chi connectivity index (χ0) is 25.0. The number of aliphatic hydroxyl groups is 1. The van der Waals surface area contributed by atoms with Crippen LogP contribution < -0.4 is 4.74 Å². The Morgan fingerprint density at radius 3 is 2.58 bits per heavy atom. The Bertz CT molecular complexity index is 1430. The number of aromatic amines is 1. The molecule has 3 aromatic rings. The zero-order valence-corrected chi connectivity index (χ0v) is 21.3. The molecule has 8 nitrogen and oxygen atoms in total. The summed E-state index contributed by atoms with van der Waals surface area (Å²) in [6, 6.07) is 11.7. The molecule has 0 bridgehead atoms. The van der Waals surface area contributed by atoms with Gasteiger partial charge < -0.3 is 24.3 Å². The van der Waals surface area contributed by atoms with Crippen LogP contribution in [0, 0.1) is 0 Å². The lowest BCUT2D eigenvalue weighted by Gasteiger charge is -2.20. The number of hydrogen-bond acceptors (Lipinski definition) is 7. The molecule has 36 heavy (non-hydrogen) atoms. The number of halogens is 1. The predicted octanol–water partition coefficient (Wildman–Crippen LogP) is 3.77. The Morgan fingerprint density at radius 2 is 1.86 bits per heavy atom. The highest BCUT2D eigenvalue weighted by atomic mass is 35.5. The van der Waals surface area contributed by atoms with Crippen LogP contribution in [0.2, 0.25) is 5.02 Å². The molecular formula is C26H27ClN2O6S. The maximum atomic E-state index is 11.8. The Morgan fingerprint density at radius 1 is 1.11 bits per heavy atom. The molecule has 10 heteroatoms. The Kier molecular flexibility index (Phi) is 6.08. The Balaban J connectivity index is 1.20. The van der Waals surface area contributed by atoms with Gasteiger partial charge >= 0.3 is 0 Å². The predicted molar refractivity (Wildman–Crippen MR) is 137 cm³/mol. The van der Waals surface area contributed by atoms with Crippen LogP contribution in [0.15, 0.2) is 42.5 Å². The van der Waals surface area contributed by atoms with Crippen molar-refractivity contribution in [1.82, 2.24) is 9.97 Å². The maximum Gasteiger partial charge on any atom is 0.193 e. The first-order valence-electron chi connectivity index (χ1n) is 12.0. The molecule has 190 valence electrons. The molecule has 2 fully saturated rings. The van der Waals surface area contributed by atoms with Crippen molar-refractivity contribution in [3.63, 3.8) is 0 Å². The van der Waals surface area contributed by atoms with Gasteiger partial charge in [-0.25, -0.2) is 13.4 Å². The van der Waals surface area contributed by atoms with Gasteiger partial charge in [0.2, 0.25) is 0 Å². The third-order valence-corrected chi connectivity index (χ3v) is 9.22. The SMILES string of the molecule is CS(=O)(=O)C1CC=C(c2ccc(-c3nc4cc(O[C@@H]5COC6[C@H](O)CO[C@@H]65)[nH]c4cc3Cl)cc2)CC1. The molecule has 0 amide bonds. The summed E-state index contributed by atoms with van der Waals surface area (Å²) in [4.78, 5) is 7.98. The lowest BCUT2D eigenvalue weighted by atomic mass is 9.92. The molecule has 2 saturated heterocycles. The average Bonchev–Trinajstić information content (AvgIpc) is 3.55. The van der Waals surface area contributed by atoms with E-state index in [1.807, 2.05) is 42.5 Å². The third kappa shape index (κ3) is 4.43. The van der Waals surface area contributed by atoms with Gasteiger partial charge in [-0.2, -0.15) is 0 Å². The Labute approximate surface area is 214 Å². The van der Waals surface area contributed by atoms with Crippen molar-refractivity contribution in [2.24, 2.45) is 0 Å². The molecule has 2 unspecified atom stereocenters. The number of rotatable bonds is 5. The van der Waals surface area contributed by atoms with E-state index in [1.54, 1.807) is 0 Å². The van der Waals surface area contributed by atoms with Gasteiger partial charge in [0, 0.05) is 17.9 Å². The van der Waals surface area contributed by atoms with Crippen molar-refractivity contribution in [2.75, 3.05) is 19.5 Å². The normalized spacial score (nSPS) is 28.3. The minimum Gasteiger partial charge on any atom is -0.470 e. The number of nitrogens with zero attached hydrogens (tertiary/aromatic N) is 1. The van der Waals surface area contributed by atoms with Crippen molar-refractivity contribution in [3.8, 4) is 17.1 Å². The summed E-state index contributed by atoms with van der Waals surface area (Å²) in [6.45, 7) is 0.596. The van der Waals surface area contributed by atoms with E-state index in [4.69, 9.17) is 30.8 Å². The first kappa shape index (κ1) is 23.9. The number of benzene rings is 1. The molecule has 5 atom stereocenters. The van der Waals surface area contributed by atoms with E-state index in [0.29, 0.717) is 36.0 Å². The van der Waals surface area contributed by atoms with Crippen molar-refractivity contribution in [1.29, 1.82) is 0 Å². The van der Waals surface area contributed by atoms with Crippen LogP contribution in [0.3, 0.4) is 0 Å². The van der Waals surface area contributed by atoms with Gasteiger partial charge in [-0.05, 0) is 36.5 Å². The molecule has 0 radical (unpaired) electrons. The summed E-state index contributed by atoms with van der Waals surface area (Å²) in [7, 11) is -3.01. The number of nitrogens with one attached hydrogen (secondary N) is 1. The fourth-order valence-electron chi connectivity index (χ4n) is 5.28. The summed E-state index contributed by atoms with van der Waals surface area (Å²) in [5, 5.41) is 10.2. The van der Waals surface area contributed by atoms with Gasteiger partial charge in [0.1, 0.15) is 18.3 Å². The van der Waals surface area contributed by atoms with Crippen LogP contribution in [-0.4, -0.2) is 72.6 Å². The number of aliphatic hydroxyl groups excluding tert-OH is 1. The van der Waals surface area contributed by atoms with Crippen LogP contribution >= 0.6 is 11.6 Å². The van der Waals surface area contributed by atoms with Crippen molar-refractivity contribution in [3.05, 3.63) is 53.1 Å². The minimum atomic E-state index is -3.01. The van der Waals surface area contributed by atoms with E-state index in [2.05, 4.69) is 4.98 Å². The van der Waals surface area contributed by atoms with Gasteiger partial charge in [0.25, 0.3) is 0 Å². The summed E-state index contributed by atoms with van der Waals surface area (Å²) in [5.41, 5.74) is 5.28. The van der Waals surface area contributed by atoms with Gasteiger partial charge in [-0.3, -0.25) is 0 Å². The highest BCUT2D eigenvalue weighted by Gasteiger charge is 2.48. The fourth-order valence-corrected chi connectivity index (χ4v) is 6.54. The standard InChI is InChI=1S/C26H27ClN2O6S/c1-36(31,32)17-8-6-15(7-9-17)14-2-4-16(5-3-14)24-18(27)10-19-20(29-24)11-23(28-19)35-22-13-34-25-21(30)12-33-26(22)25/h2-6,10-11,17,21-22,25-26,28,30H,7-9,12-13H2,1H3/t17?,21-,22-,25?,26-/m1/s1. The van der Waals surface area contributed by atoms with E-state index in [9.17, 15) is 13.5 Å². The molecule has 2 N–H and O–H groups in total. The lowest BCUT2D eigenvalue weighted by molar-refractivity contribution is 0.00794. The summed E-state index contributed by atoms with van der Waals surface area (Å²) >= 11 is 6.59. The van der Waals surface area contributed by atoms with Crippen LogP contribution in [0.25, 0.3) is 27.9 Å². The third-order valence-electron chi connectivity index (χ3n) is 7.29. The van der Waals surface area contributed by atoms with Crippen molar-refractivity contribution in [2.45, 2.75) is 48.9 Å². The molecule has 0 spiro atoms. The first-order valence-corrected chi connectivity index (χ1v) is 14.4. The van der Waals surface area contributed by atoms with E-state index >= 15 is 0 Å². The van der Waals surface area contributed by atoms with Gasteiger partial charge in [-0.1, -0.05) is 41.9 Å². The van der Waals surface area contributed by atoms with E-state index < -0.39 is 15.9 Å². The number of allylic oxidation sites excluding steroid dienone is 2. The lowest BCUT2D eigenvalue weighted by Crippen LogP contribution is -2.34. The molecule has 1 aliphatic carbocycles. The van der Waals surface area contributed by atoms with Gasteiger partial charge in [0.05, 0.1) is 40.2 Å². The van der Waals surface area contributed by atoms with Crippen molar-refractivity contribution >= 4 is 38.0 Å². The van der Waals surface area contributed by atoms with Crippen molar-refractivity contribution < 1.29 is 27.7 Å². The summed E-state index contributed by atoms with van der Waals surface area (Å²) < 4.78 is 41.0.